The molecule has 5 rings (SSSR count). The second kappa shape index (κ2) is 10.6. The van der Waals surface area contributed by atoms with Crippen molar-refractivity contribution in [1.82, 2.24) is 24.9 Å². The van der Waals surface area contributed by atoms with Gasteiger partial charge in [0.15, 0.2) is 11.0 Å². The minimum Gasteiger partial charge on any atom is -0.493 e. The van der Waals surface area contributed by atoms with Gasteiger partial charge in [-0.05, 0) is 80.4 Å². The van der Waals surface area contributed by atoms with Crippen LogP contribution >= 0.6 is 23.4 Å². The van der Waals surface area contributed by atoms with Crippen molar-refractivity contribution in [2.45, 2.75) is 31.7 Å². The van der Waals surface area contributed by atoms with Crippen LogP contribution in [0.15, 0.2) is 76.4 Å². The molecule has 0 spiro atoms. The Bertz CT molecular complexity index is 1500. The van der Waals surface area contributed by atoms with Gasteiger partial charge in [-0.1, -0.05) is 46.7 Å². The molecule has 36 heavy (non-hydrogen) atoms. The first-order valence-corrected chi connectivity index (χ1v) is 12.9. The molecule has 3 aromatic carbocycles. The number of rotatable bonds is 8. The standard InChI is InChI=1S/C27H24ClN5O2S/c1-4-34-23-8-6-5-7-22(23)25-29-24(35-32-25)16-36-27-31-30-26(19-10-12-20(28)13-11-19)33(27)21-14-9-17(2)18(3)15-21/h5-15H,4,16H2,1-3H3. The van der Waals surface area contributed by atoms with E-state index in [1.54, 1.807) is 0 Å². The molecule has 182 valence electrons. The van der Waals surface area contributed by atoms with Gasteiger partial charge in [0.1, 0.15) is 5.75 Å². The highest BCUT2D eigenvalue weighted by molar-refractivity contribution is 7.98. The summed E-state index contributed by atoms with van der Waals surface area (Å²) in [6.45, 7) is 6.69. The van der Waals surface area contributed by atoms with Gasteiger partial charge in [0, 0.05) is 10.6 Å². The van der Waals surface area contributed by atoms with Crippen molar-refractivity contribution < 1.29 is 9.26 Å². The average Bonchev–Trinajstić information content (AvgIpc) is 3.53. The first kappa shape index (κ1) is 24.1. The number of halogens is 1. The SMILES string of the molecule is CCOc1ccccc1-c1noc(CSc2nnc(-c3ccc(Cl)cc3)n2-c2ccc(C)c(C)c2)n1. The molecule has 0 N–H and O–H groups in total. The maximum atomic E-state index is 6.11. The summed E-state index contributed by atoms with van der Waals surface area (Å²) in [5.74, 6) is 2.88. The Kier molecular flexibility index (Phi) is 7.06. The van der Waals surface area contributed by atoms with Crippen LogP contribution in [0.1, 0.15) is 23.9 Å². The van der Waals surface area contributed by atoms with Crippen molar-refractivity contribution in [2.75, 3.05) is 6.61 Å². The first-order chi connectivity index (χ1) is 17.5. The number of para-hydroxylation sites is 1. The number of aromatic nitrogens is 5. The molecule has 0 aliphatic rings. The largest absolute Gasteiger partial charge is 0.493 e. The maximum Gasteiger partial charge on any atom is 0.237 e. The number of hydrogen-bond donors (Lipinski definition) is 0. The molecule has 0 bridgehead atoms. The lowest BCUT2D eigenvalue weighted by atomic mass is 10.1. The van der Waals surface area contributed by atoms with E-state index in [4.69, 9.17) is 20.9 Å². The van der Waals surface area contributed by atoms with E-state index < -0.39 is 0 Å². The molecule has 0 fully saturated rings. The second-order valence-electron chi connectivity index (χ2n) is 8.15. The molecule has 2 heterocycles. The van der Waals surface area contributed by atoms with E-state index in [1.165, 1.54) is 22.9 Å². The molecule has 9 heteroatoms. The summed E-state index contributed by atoms with van der Waals surface area (Å²) in [5.41, 5.74) is 5.10. The number of ether oxygens (including phenoxy) is 1. The third-order valence-electron chi connectivity index (χ3n) is 5.71. The van der Waals surface area contributed by atoms with Crippen molar-refractivity contribution in [3.63, 3.8) is 0 Å². The molecule has 0 radical (unpaired) electrons. The zero-order valence-corrected chi connectivity index (χ0v) is 21.7. The van der Waals surface area contributed by atoms with Gasteiger partial charge in [-0.2, -0.15) is 4.98 Å². The van der Waals surface area contributed by atoms with Gasteiger partial charge < -0.3 is 9.26 Å². The Hall–Kier alpha value is -3.62. The fourth-order valence-electron chi connectivity index (χ4n) is 3.73. The average molecular weight is 518 g/mol. The zero-order valence-electron chi connectivity index (χ0n) is 20.1. The van der Waals surface area contributed by atoms with Crippen LogP contribution in [0.4, 0.5) is 0 Å². The molecule has 0 unspecified atom stereocenters. The van der Waals surface area contributed by atoms with Gasteiger partial charge in [0.25, 0.3) is 0 Å². The van der Waals surface area contributed by atoms with Gasteiger partial charge in [-0.3, -0.25) is 4.57 Å². The van der Waals surface area contributed by atoms with E-state index in [1.807, 2.05) is 60.0 Å². The van der Waals surface area contributed by atoms with Crippen molar-refractivity contribution in [1.29, 1.82) is 0 Å². The molecule has 5 aromatic rings. The zero-order chi connectivity index (χ0) is 25.1. The number of aryl methyl sites for hydroxylation is 2. The molecule has 7 nitrogen and oxygen atoms in total. The Labute approximate surface area is 218 Å². The summed E-state index contributed by atoms with van der Waals surface area (Å²) >= 11 is 7.59. The summed E-state index contributed by atoms with van der Waals surface area (Å²) in [5, 5.41) is 14.6. The molecule has 0 aliphatic carbocycles. The van der Waals surface area contributed by atoms with E-state index in [9.17, 15) is 0 Å². The molecule has 0 amide bonds. The summed E-state index contributed by atoms with van der Waals surface area (Å²) in [6, 6.07) is 21.6. The topological polar surface area (TPSA) is 78.9 Å². The van der Waals surface area contributed by atoms with Crippen LogP contribution in [0.5, 0.6) is 5.75 Å². The Balaban J connectivity index is 1.45. The van der Waals surface area contributed by atoms with Crippen LogP contribution in [0.2, 0.25) is 5.02 Å². The van der Waals surface area contributed by atoms with Crippen LogP contribution in [-0.2, 0) is 5.75 Å². The van der Waals surface area contributed by atoms with Crippen LogP contribution in [0.3, 0.4) is 0 Å². The van der Waals surface area contributed by atoms with E-state index in [2.05, 4.69) is 52.4 Å². The lowest BCUT2D eigenvalue weighted by Crippen LogP contribution is -2.01. The van der Waals surface area contributed by atoms with Crippen molar-refractivity contribution in [3.05, 3.63) is 88.8 Å². The Morgan fingerprint density at radius 1 is 0.972 bits per heavy atom. The molecule has 0 saturated carbocycles. The number of nitrogens with zero attached hydrogens (tertiary/aromatic N) is 5. The second-order valence-corrected chi connectivity index (χ2v) is 9.53. The molecular weight excluding hydrogens is 494 g/mol. The lowest BCUT2D eigenvalue weighted by Gasteiger charge is -2.12. The summed E-state index contributed by atoms with van der Waals surface area (Å²) in [6.07, 6.45) is 0. The fourth-order valence-corrected chi connectivity index (χ4v) is 4.64. The van der Waals surface area contributed by atoms with E-state index in [0.29, 0.717) is 29.1 Å². The van der Waals surface area contributed by atoms with Crippen LogP contribution in [0.25, 0.3) is 28.5 Å². The van der Waals surface area contributed by atoms with Crippen LogP contribution in [0, 0.1) is 13.8 Å². The predicted molar refractivity (Wildman–Crippen MR) is 142 cm³/mol. The Morgan fingerprint density at radius 2 is 1.78 bits per heavy atom. The van der Waals surface area contributed by atoms with E-state index >= 15 is 0 Å². The number of hydrogen-bond acceptors (Lipinski definition) is 7. The molecule has 0 saturated heterocycles. The summed E-state index contributed by atoms with van der Waals surface area (Å²) in [4.78, 5) is 4.59. The van der Waals surface area contributed by atoms with Gasteiger partial charge in [-0.25, -0.2) is 0 Å². The highest BCUT2D eigenvalue weighted by atomic mass is 35.5. The van der Waals surface area contributed by atoms with Crippen LogP contribution < -0.4 is 4.74 Å². The monoisotopic (exact) mass is 517 g/mol. The number of benzene rings is 3. The van der Waals surface area contributed by atoms with Crippen LogP contribution in [-0.4, -0.2) is 31.5 Å². The van der Waals surface area contributed by atoms with Gasteiger partial charge in [0.2, 0.25) is 11.7 Å². The van der Waals surface area contributed by atoms with Crippen molar-refractivity contribution in [2.24, 2.45) is 0 Å². The third-order valence-corrected chi connectivity index (χ3v) is 6.87. The van der Waals surface area contributed by atoms with Crippen molar-refractivity contribution in [3.8, 4) is 34.2 Å². The van der Waals surface area contributed by atoms with E-state index in [0.717, 1.165) is 33.5 Å². The maximum absolute atomic E-state index is 6.11. The Morgan fingerprint density at radius 3 is 2.56 bits per heavy atom. The minimum absolute atomic E-state index is 0.438. The first-order valence-electron chi connectivity index (χ1n) is 11.5. The smallest absolute Gasteiger partial charge is 0.237 e. The summed E-state index contributed by atoms with van der Waals surface area (Å²) in [7, 11) is 0. The molecule has 2 aromatic heterocycles. The minimum atomic E-state index is 0.438. The van der Waals surface area contributed by atoms with E-state index in [-0.39, 0.29) is 0 Å². The third kappa shape index (κ3) is 5.01. The van der Waals surface area contributed by atoms with Crippen molar-refractivity contribution >= 4 is 23.4 Å². The molecule has 0 atom stereocenters. The highest BCUT2D eigenvalue weighted by Gasteiger charge is 2.19. The van der Waals surface area contributed by atoms with Gasteiger partial charge >= 0.3 is 0 Å². The lowest BCUT2D eigenvalue weighted by molar-refractivity contribution is 0.341. The predicted octanol–water partition coefficient (Wildman–Crippen LogP) is 6.95. The van der Waals surface area contributed by atoms with Gasteiger partial charge in [-0.15, -0.1) is 10.2 Å². The number of thioether (sulfide) groups is 1. The quantitative estimate of drug-likeness (QED) is 0.206. The normalized spacial score (nSPS) is 11.1. The van der Waals surface area contributed by atoms with Gasteiger partial charge in [0.05, 0.1) is 23.6 Å². The molecule has 0 aliphatic heterocycles. The molecular formula is C27H24ClN5O2S. The fraction of sp³-hybridized carbons (Fsp3) is 0.185. The highest BCUT2D eigenvalue weighted by Crippen LogP contribution is 2.32. The summed E-state index contributed by atoms with van der Waals surface area (Å²) < 4.78 is 13.3.